The van der Waals surface area contributed by atoms with Crippen molar-refractivity contribution in [3.05, 3.63) is 83.2 Å². The summed E-state index contributed by atoms with van der Waals surface area (Å²) in [6, 6.07) is 21.2. The van der Waals surface area contributed by atoms with Crippen molar-refractivity contribution in [3.8, 4) is 0 Å². The lowest BCUT2D eigenvalue weighted by Crippen LogP contribution is -2.49. The normalized spacial score (nSPS) is 18.9. The number of piperidine rings is 1. The number of aromatic nitrogens is 1. The van der Waals surface area contributed by atoms with E-state index in [1.807, 2.05) is 30.9 Å². The van der Waals surface area contributed by atoms with Gasteiger partial charge in [-0.1, -0.05) is 53.7 Å². The van der Waals surface area contributed by atoms with Crippen molar-refractivity contribution in [1.82, 2.24) is 10.1 Å². The van der Waals surface area contributed by atoms with E-state index >= 15 is 0 Å². The number of amides is 1. The lowest BCUT2D eigenvalue weighted by atomic mass is 9.86. The Kier molecular flexibility index (Phi) is 6.17. The number of hydrogen-bond acceptors (Lipinski definition) is 4. The second kappa shape index (κ2) is 9.16. The van der Waals surface area contributed by atoms with Crippen molar-refractivity contribution in [3.63, 3.8) is 0 Å². The Hall–Kier alpha value is -3.08. The highest BCUT2D eigenvalue weighted by atomic mass is 16.5. The Bertz CT molecular complexity index is 949. The van der Waals surface area contributed by atoms with Gasteiger partial charge in [0.2, 0.25) is 5.91 Å². The van der Waals surface area contributed by atoms with E-state index in [1.165, 1.54) is 5.56 Å². The van der Waals surface area contributed by atoms with Crippen molar-refractivity contribution in [2.45, 2.75) is 39.2 Å². The van der Waals surface area contributed by atoms with Crippen molar-refractivity contribution in [2.24, 2.45) is 5.92 Å². The third-order valence-electron chi connectivity index (χ3n) is 6.06. The van der Waals surface area contributed by atoms with E-state index < -0.39 is 0 Å². The van der Waals surface area contributed by atoms with Gasteiger partial charge in [-0.3, -0.25) is 4.79 Å². The summed E-state index contributed by atoms with van der Waals surface area (Å²) in [7, 11) is 0. The first-order valence-electron chi connectivity index (χ1n) is 10.6. The first kappa shape index (κ1) is 20.2. The third-order valence-corrected chi connectivity index (χ3v) is 6.06. The maximum atomic E-state index is 13.1. The lowest BCUT2D eigenvalue weighted by Gasteiger charge is -2.39. The molecular formula is C25H29N3O2. The second-order valence-corrected chi connectivity index (χ2v) is 8.17. The highest BCUT2D eigenvalue weighted by Gasteiger charge is 2.32. The number of aryl methyl sites for hydroxylation is 2. The van der Waals surface area contributed by atoms with Gasteiger partial charge in [-0.25, -0.2) is 0 Å². The smallest absolute Gasteiger partial charge is 0.227 e. The summed E-state index contributed by atoms with van der Waals surface area (Å²) in [5.74, 6) is 1.23. The van der Waals surface area contributed by atoms with Crippen LogP contribution < -0.4 is 5.32 Å². The number of rotatable bonds is 6. The van der Waals surface area contributed by atoms with Crippen LogP contribution in [-0.4, -0.2) is 35.1 Å². The minimum absolute atomic E-state index is 0.153. The van der Waals surface area contributed by atoms with Crippen LogP contribution in [0.1, 0.15) is 29.0 Å². The Labute approximate surface area is 178 Å². The molecule has 1 fully saturated rings. The van der Waals surface area contributed by atoms with E-state index in [-0.39, 0.29) is 5.91 Å². The van der Waals surface area contributed by atoms with Gasteiger partial charge in [0.05, 0.1) is 12.1 Å². The van der Waals surface area contributed by atoms with Crippen LogP contribution >= 0.6 is 0 Å². The molecule has 156 valence electrons. The summed E-state index contributed by atoms with van der Waals surface area (Å²) in [4.78, 5) is 15.1. The third kappa shape index (κ3) is 4.73. The van der Waals surface area contributed by atoms with E-state index in [0.717, 1.165) is 48.6 Å². The molecule has 1 aromatic heterocycles. The van der Waals surface area contributed by atoms with E-state index in [4.69, 9.17) is 4.52 Å². The van der Waals surface area contributed by atoms with Crippen LogP contribution in [0.2, 0.25) is 0 Å². The molecule has 2 heterocycles. The van der Waals surface area contributed by atoms with Gasteiger partial charge in [-0.05, 0) is 44.4 Å². The number of nitrogens with one attached hydrogen (secondary N) is 1. The minimum Gasteiger partial charge on any atom is -0.382 e. The van der Waals surface area contributed by atoms with Crippen LogP contribution in [0.25, 0.3) is 0 Å². The molecule has 2 aromatic carbocycles. The molecule has 5 nitrogen and oxygen atoms in total. The zero-order valence-electron chi connectivity index (χ0n) is 17.7. The molecule has 5 heteroatoms. The molecule has 1 N–H and O–H groups in total. The molecule has 4 rings (SSSR count). The fraction of sp³-hybridized carbons (Fsp3) is 0.360. The van der Waals surface area contributed by atoms with E-state index in [2.05, 4.69) is 59.0 Å². The molecule has 1 aliphatic heterocycles. The number of likely N-dealkylation sites (tertiary alicyclic amines) is 1. The van der Waals surface area contributed by atoms with Crippen LogP contribution in [0.5, 0.6) is 0 Å². The van der Waals surface area contributed by atoms with Crippen molar-refractivity contribution < 1.29 is 9.32 Å². The number of hydrogen-bond donors (Lipinski definition) is 1. The van der Waals surface area contributed by atoms with Crippen molar-refractivity contribution in [2.75, 3.05) is 18.4 Å². The Morgan fingerprint density at radius 2 is 1.80 bits per heavy atom. The Balaban J connectivity index is 1.48. The van der Waals surface area contributed by atoms with Crippen LogP contribution in [0, 0.1) is 19.8 Å². The van der Waals surface area contributed by atoms with Crippen LogP contribution in [-0.2, 0) is 17.6 Å². The summed E-state index contributed by atoms with van der Waals surface area (Å²) >= 11 is 0. The second-order valence-electron chi connectivity index (χ2n) is 8.17. The molecule has 0 unspecified atom stereocenters. The van der Waals surface area contributed by atoms with Gasteiger partial charge >= 0.3 is 0 Å². The average Bonchev–Trinajstić information content (AvgIpc) is 3.08. The number of carbonyl (C=O) groups is 1. The van der Waals surface area contributed by atoms with Gasteiger partial charge in [0, 0.05) is 36.3 Å². The maximum Gasteiger partial charge on any atom is 0.227 e. The molecule has 2 atom stereocenters. The molecule has 1 saturated heterocycles. The van der Waals surface area contributed by atoms with Gasteiger partial charge < -0.3 is 14.7 Å². The largest absolute Gasteiger partial charge is 0.382 e. The van der Waals surface area contributed by atoms with Crippen molar-refractivity contribution in [1.29, 1.82) is 0 Å². The van der Waals surface area contributed by atoms with Crippen LogP contribution in [0.4, 0.5) is 5.69 Å². The number of nitrogens with zero attached hydrogens (tertiary/aromatic N) is 2. The fourth-order valence-electron chi connectivity index (χ4n) is 4.34. The summed E-state index contributed by atoms with van der Waals surface area (Å²) in [5.41, 5.74) is 4.17. The molecule has 0 spiro atoms. The van der Waals surface area contributed by atoms with E-state index in [9.17, 15) is 4.79 Å². The molecule has 0 radical (unpaired) electrons. The van der Waals surface area contributed by atoms with Gasteiger partial charge in [0.15, 0.2) is 0 Å². The van der Waals surface area contributed by atoms with Gasteiger partial charge in [0.1, 0.15) is 5.76 Å². The fourth-order valence-corrected chi connectivity index (χ4v) is 4.34. The predicted molar refractivity (Wildman–Crippen MR) is 118 cm³/mol. The zero-order valence-corrected chi connectivity index (χ0v) is 17.7. The first-order valence-corrected chi connectivity index (χ1v) is 10.6. The molecular weight excluding hydrogens is 374 g/mol. The van der Waals surface area contributed by atoms with E-state index in [0.29, 0.717) is 18.4 Å². The predicted octanol–water partition coefficient (Wildman–Crippen LogP) is 4.41. The van der Waals surface area contributed by atoms with Crippen molar-refractivity contribution >= 4 is 11.6 Å². The maximum absolute atomic E-state index is 13.1. The molecule has 0 saturated carbocycles. The molecule has 30 heavy (non-hydrogen) atoms. The van der Waals surface area contributed by atoms with Crippen LogP contribution in [0.3, 0.4) is 0 Å². The first-order chi connectivity index (χ1) is 14.6. The lowest BCUT2D eigenvalue weighted by molar-refractivity contribution is -0.132. The van der Waals surface area contributed by atoms with Gasteiger partial charge in [0.25, 0.3) is 0 Å². The summed E-state index contributed by atoms with van der Waals surface area (Å²) in [5, 5.41) is 7.70. The average molecular weight is 404 g/mol. The highest BCUT2D eigenvalue weighted by Crippen LogP contribution is 2.26. The number of para-hydroxylation sites is 1. The monoisotopic (exact) mass is 403 g/mol. The quantitative estimate of drug-likeness (QED) is 0.663. The Morgan fingerprint density at radius 3 is 2.47 bits per heavy atom. The standard InChI is InChI=1S/C25H29N3O2/c1-18-23(19(2)30-27-18)16-25(29)28-14-13-24(26-22-11-7-4-8-12-22)21(17-28)15-20-9-5-3-6-10-20/h3-12,21,24,26H,13-17H2,1-2H3/t21-,24+/m0/s1. The highest BCUT2D eigenvalue weighted by molar-refractivity contribution is 5.79. The molecule has 0 aliphatic carbocycles. The topological polar surface area (TPSA) is 58.4 Å². The number of benzene rings is 2. The molecule has 3 aromatic rings. The Morgan fingerprint density at radius 1 is 1.10 bits per heavy atom. The molecule has 1 amide bonds. The molecule has 1 aliphatic rings. The summed E-state index contributed by atoms with van der Waals surface area (Å²) in [6.45, 7) is 5.28. The zero-order chi connectivity index (χ0) is 20.9. The van der Waals surface area contributed by atoms with E-state index in [1.54, 1.807) is 0 Å². The van der Waals surface area contributed by atoms with Gasteiger partial charge in [-0.2, -0.15) is 0 Å². The molecule has 0 bridgehead atoms. The SMILES string of the molecule is Cc1noc(C)c1CC(=O)N1CC[C@@H](Nc2ccccc2)[C@@H](Cc2ccccc2)C1. The summed E-state index contributed by atoms with van der Waals surface area (Å²) in [6.07, 6.45) is 2.23. The number of anilines is 1. The summed E-state index contributed by atoms with van der Waals surface area (Å²) < 4.78 is 5.24. The van der Waals surface area contributed by atoms with Crippen LogP contribution in [0.15, 0.2) is 65.2 Å². The number of carbonyl (C=O) groups excluding carboxylic acids is 1. The van der Waals surface area contributed by atoms with Gasteiger partial charge in [-0.15, -0.1) is 0 Å². The minimum atomic E-state index is 0.153.